The Morgan fingerprint density at radius 1 is 1.00 bits per heavy atom. The highest BCUT2D eigenvalue weighted by atomic mass is 19.1. The van der Waals surface area contributed by atoms with Crippen molar-refractivity contribution < 1.29 is 9.18 Å². The van der Waals surface area contributed by atoms with Gasteiger partial charge in [-0.1, -0.05) is 18.2 Å². The Morgan fingerprint density at radius 3 is 2.62 bits per heavy atom. The molecule has 0 radical (unpaired) electrons. The summed E-state index contributed by atoms with van der Waals surface area (Å²) in [5.74, 6) is 1.66. The average Bonchev–Trinajstić information content (AvgIpc) is 3.60. The molecule has 0 bridgehead atoms. The highest BCUT2D eigenvalue weighted by Crippen LogP contribution is 2.35. The van der Waals surface area contributed by atoms with Crippen molar-refractivity contribution in [2.75, 3.05) is 63.2 Å². The molecular weight excluding hydrogens is 495 g/mol. The standard InChI is InChI=1S/C29H33FN8O/c1-34(2)20-29(39)36-16-14-35(15-17-36)27-10-4-8-23(32-27)25-19-31-26-11-12-28(33-38(25)26)37-13-5-9-24(37)21-6-3-7-22(30)18-21/h3-4,6-8,10-12,18-19,24H,5,9,13-17,20H2,1-2H3/t24-/m1/s1. The van der Waals surface area contributed by atoms with E-state index in [2.05, 4.69) is 14.8 Å². The van der Waals surface area contributed by atoms with Gasteiger partial charge in [0.05, 0.1) is 24.5 Å². The number of hydrogen-bond acceptors (Lipinski definition) is 7. The molecule has 3 aromatic heterocycles. The lowest BCUT2D eigenvalue weighted by atomic mass is 10.0. The minimum Gasteiger partial charge on any atom is -0.353 e. The Labute approximate surface area is 227 Å². The van der Waals surface area contributed by atoms with Crippen LogP contribution in [0.4, 0.5) is 16.0 Å². The van der Waals surface area contributed by atoms with Crippen LogP contribution < -0.4 is 9.80 Å². The van der Waals surface area contributed by atoms with E-state index in [4.69, 9.17) is 10.1 Å². The van der Waals surface area contributed by atoms with Crippen LogP contribution in [0.3, 0.4) is 0 Å². The van der Waals surface area contributed by atoms with Gasteiger partial charge in [0, 0.05) is 32.7 Å². The highest BCUT2D eigenvalue weighted by molar-refractivity contribution is 5.78. The van der Waals surface area contributed by atoms with Gasteiger partial charge in [0.25, 0.3) is 0 Å². The minimum atomic E-state index is -0.216. The van der Waals surface area contributed by atoms with Crippen LogP contribution in [-0.2, 0) is 4.79 Å². The van der Waals surface area contributed by atoms with Crippen LogP contribution in [0.15, 0.2) is 60.8 Å². The number of aromatic nitrogens is 4. The molecule has 10 heteroatoms. The molecule has 0 saturated carbocycles. The number of amides is 1. The second-order valence-electron chi connectivity index (χ2n) is 10.5. The van der Waals surface area contributed by atoms with Crippen LogP contribution >= 0.6 is 0 Å². The van der Waals surface area contributed by atoms with Crippen molar-refractivity contribution in [3.8, 4) is 11.4 Å². The number of rotatable bonds is 6. The molecule has 1 amide bonds. The predicted octanol–water partition coefficient (Wildman–Crippen LogP) is 3.48. The monoisotopic (exact) mass is 528 g/mol. The molecule has 6 rings (SSSR count). The molecule has 202 valence electrons. The van der Waals surface area contributed by atoms with Gasteiger partial charge in [0.2, 0.25) is 5.91 Å². The number of halogens is 1. The topological polar surface area (TPSA) is 73.1 Å². The van der Waals surface area contributed by atoms with Gasteiger partial charge in [-0.3, -0.25) is 4.79 Å². The molecule has 0 N–H and O–H groups in total. The zero-order valence-electron chi connectivity index (χ0n) is 22.4. The molecular formula is C29H33FN8O. The van der Waals surface area contributed by atoms with E-state index in [-0.39, 0.29) is 17.8 Å². The van der Waals surface area contributed by atoms with E-state index >= 15 is 0 Å². The van der Waals surface area contributed by atoms with Gasteiger partial charge in [-0.05, 0) is 68.9 Å². The van der Waals surface area contributed by atoms with Gasteiger partial charge in [-0.15, -0.1) is 5.10 Å². The van der Waals surface area contributed by atoms with Crippen LogP contribution in [0.25, 0.3) is 17.0 Å². The molecule has 0 unspecified atom stereocenters. The first-order valence-corrected chi connectivity index (χ1v) is 13.5. The number of nitrogens with zero attached hydrogens (tertiary/aromatic N) is 8. The fraction of sp³-hybridized carbons (Fsp3) is 0.379. The number of carbonyl (C=O) groups is 1. The number of fused-ring (bicyclic) bond motifs is 1. The number of likely N-dealkylation sites (N-methyl/N-ethyl adjacent to an activating group) is 1. The lowest BCUT2D eigenvalue weighted by Gasteiger charge is -2.36. The van der Waals surface area contributed by atoms with E-state index in [1.165, 1.54) is 6.07 Å². The third-order valence-electron chi connectivity index (χ3n) is 7.53. The molecule has 2 aliphatic rings. The minimum absolute atomic E-state index is 0.0855. The van der Waals surface area contributed by atoms with E-state index in [0.29, 0.717) is 19.6 Å². The molecule has 5 heterocycles. The number of hydrogen-bond donors (Lipinski definition) is 0. The third kappa shape index (κ3) is 5.16. The van der Waals surface area contributed by atoms with E-state index in [1.807, 2.05) is 71.0 Å². The van der Waals surface area contributed by atoms with Crippen molar-refractivity contribution in [1.29, 1.82) is 0 Å². The summed E-state index contributed by atoms with van der Waals surface area (Å²) in [5.41, 5.74) is 3.32. The SMILES string of the molecule is CN(C)CC(=O)N1CCN(c2cccc(-c3cnc4ccc(N5CCC[C@@H]5c5cccc(F)c5)nn34)n2)CC1. The number of imidazole rings is 1. The van der Waals surface area contributed by atoms with E-state index in [0.717, 1.165) is 66.7 Å². The number of piperazine rings is 1. The largest absolute Gasteiger partial charge is 0.353 e. The first-order chi connectivity index (χ1) is 19.0. The molecule has 4 aromatic rings. The van der Waals surface area contributed by atoms with Crippen molar-refractivity contribution in [3.05, 3.63) is 72.2 Å². The Hall–Kier alpha value is -4.05. The molecule has 2 fully saturated rings. The molecule has 0 spiro atoms. The fourth-order valence-electron chi connectivity index (χ4n) is 5.59. The summed E-state index contributed by atoms with van der Waals surface area (Å²) in [6.07, 6.45) is 3.79. The lowest BCUT2D eigenvalue weighted by Crippen LogP contribution is -2.51. The average molecular weight is 529 g/mol. The molecule has 2 saturated heterocycles. The molecule has 2 aliphatic heterocycles. The number of pyridine rings is 1. The maximum atomic E-state index is 13.9. The first-order valence-electron chi connectivity index (χ1n) is 13.5. The zero-order valence-corrected chi connectivity index (χ0v) is 22.4. The van der Waals surface area contributed by atoms with Crippen molar-refractivity contribution in [3.63, 3.8) is 0 Å². The molecule has 1 aromatic carbocycles. The van der Waals surface area contributed by atoms with Crippen molar-refractivity contribution in [2.24, 2.45) is 0 Å². The summed E-state index contributed by atoms with van der Waals surface area (Å²) in [5, 5.41) is 4.97. The Balaban J connectivity index is 1.24. The number of benzene rings is 1. The summed E-state index contributed by atoms with van der Waals surface area (Å²) in [4.78, 5) is 30.3. The summed E-state index contributed by atoms with van der Waals surface area (Å²) < 4.78 is 15.8. The first kappa shape index (κ1) is 25.2. The van der Waals surface area contributed by atoms with Crippen LogP contribution in [-0.4, -0.2) is 88.7 Å². The molecule has 0 aliphatic carbocycles. The second kappa shape index (κ2) is 10.6. The Bertz CT molecular complexity index is 1480. The smallest absolute Gasteiger partial charge is 0.236 e. The maximum Gasteiger partial charge on any atom is 0.236 e. The van der Waals surface area contributed by atoms with Crippen LogP contribution in [0.5, 0.6) is 0 Å². The summed E-state index contributed by atoms with van der Waals surface area (Å²) in [7, 11) is 3.82. The number of carbonyl (C=O) groups excluding carboxylic acids is 1. The fourth-order valence-corrected chi connectivity index (χ4v) is 5.59. The van der Waals surface area contributed by atoms with Crippen molar-refractivity contribution >= 4 is 23.2 Å². The van der Waals surface area contributed by atoms with E-state index in [1.54, 1.807) is 12.1 Å². The maximum absolute atomic E-state index is 13.9. The van der Waals surface area contributed by atoms with Gasteiger partial charge in [-0.25, -0.2) is 18.9 Å². The summed E-state index contributed by atoms with van der Waals surface area (Å²) >= 11 is 0. The Kier molecular flexibility index (Phi) is 6.86. The van der Waals surface area contributed by atoms with Gasteiger partial charge in [-0.2, -0.15) is 0 Å². The zero-order chi connectivity index (χ0) is 26.9. The highest BCUT2D eigenvalue weighted by Gasteiger charge is 2.28. The number of anilines is 2. The summed E-state index contributed by atoms with van der Waals surface area (Å²) in [6.45, 7) is 4.13. The quantitative estimate of drug-likeness (QED) is 0.379. The van der Waals surface area contributed by atoms with E-state index in [9.17, 15) is 9.18 Å². The van der Waals surface area contributed by atoms with Crippen LogP contribution in [0.1, 0.15) is 24.4 Å². The van der Waals surface area contributed by atoms with Crippen molar-refractivity contribution in [1.82, 2.24) is 29.4 Å². The van der Waals surface area contributed by atoms with Gasteiger partial charge in [0.15, 0.2) is 5.65 Å². The van der Waals surface area contributed by atoms with Gasteiger partial charge >= 0.3 is 0 Å². The lowest BCUT2D eigenvalue weighted by molar-refractivity contribution is -0.132. The van der Waals surface area contributed by atoms with Crippen LogP contribution in [0.2, 0.25) is 0 Å². The summed E-state index contributed by atoms with van der Waals surface area (Å²) in [6, 6.07) is 16.9. The molecule has 39 heavy (non-hydrogen) atoms. The van der Waals surface area contributed by atoms with Crippen LogP contribution in [0, 0.1) is 5.82 Å². The molecule has 9 nitrogen and oxygen atoms in total. The Morgan fingerprint density at radius 2 is 1.82 bits per heavy atom. The van der Waals surface area contributed by atoms with Gasteiger partial charge in [0.1, 0.15) is 23.1 Å². The normalized spacial score (nSPS) is 17.9. The van der Waals surface area contributed by atoms with E-state index < -0.39 is 0 Å². The van der Waals surface area contributed by atoms with Gasteiger partial charge < -0.3 is 19.6 Å². The second-order valence-corrected chi connectivity index (χ2v) is 10.5. The molecule has 1 atom stereocenters. The predicted molar refractivity (Wildman–Crippen MR) is 149 cm³/mol. The third-order valence-corrected chi connectivity index (χ3v) is 7.53. The van der Waals surface area contributed by atoms with Crippen molar-refractivity contribution in [2.45, 2.75) is 18.9 Å².